The van der Waals surface area contributed by atoms with E-state index in [0.717, 1.165) is 5.56 Å². The lowest BCUT2D eigenvalue weighted by atomic mass is 10.2. The van der Waals surface area contributed by atoms with Gasteiger partial charge in [0, 0.05) is 0 Å². The molecule has 0 aliphatic heterocycles. The fourth-order valence-electron chi connectivity index (χ4n) is 2.01. The van der Waals surface area contributed by atoms with Gasteiger partial charge in [0.1, 0.15) is 0 Å². The molecule has 2 aromatic rings. The van der Waals surface area contributed by atoms with Crippen LogP contribution in [-0.2, 0) is 9.53 Å². The zero-order valence-electron chi connectivity index (χ0n) is 14.4. The Kier molecular flexibility index (Phi) is 6.55. The van der Waals surface area contributed by atoms with Crippen LogP contribution >= 0.6 is 0 Å². The van der Waals surface area contributed by atoms with Gasteiger partial charge in [0.25, 0.3) is 5.91 Å². The Bertz CT molecular complexity index is 803. The van der Waals surface area contributed by atoms with Crippen LogP contribution in [0.5, 0.6) is 11.5 Å². The highest BCUT2D eigenvalue weighted by molar-refractivity contribution is 5.89. The van der Waals surface area contributed by atoms with Crippen molar-refractivity contribution in [1.29, 1.82) is 0 Å². The third-order valence-electron chi connectivity index (χ3n) is 3.27. The molecule has 0 atom stereocenters. The molecule has 2 rings (SSSR count). The third-order valence-corrected chi connectivity index (χ3v) is 3.27. The monoisotopic (exact) mass is 357 g/mol. The summed E-state index contributed by atoms with van der Waals surface area (Å²) >= 11 is 0. The first-order valence-electron chi connectivity index (χ1n) is 7.60. The number of carbonyl (C=O) groups excluding carboxylic acids is 2. The van der Waals surface area contributed by atoms with Crippen LogP contribution in [0.1, 0.15) is 15.9 Å². The molecule has 0 aliphatic rings. The van der Waals surface area contributed by atoms with E-state index >= 15 is 0 Å². The molecule has 0 spiro atoms. The van der Waals surface area contributed by atoms with Gasteiger partial charge in [0.2, 0.25) is 0 Å². The Labute approximate surface area is 150 Å². The van der Waals surface area contributed by atoms with Crippen LogP contribution in [0.2, 0.25) is 0 Å². The molecule has 0 bridgehead atoms. The fraction of sp³-hybridized carbons (Fsp3) is 0.167. The van der Waals surface area contributed by atoms with Gasteiger partial charge in [-0.25, -0.2) is 4.79 Å². The van der Waals surface area contributed by atoms with Crippen LogP contribution in [0, 0.1) is 0 Å². The third kappa shape index (κ3) is 5.23. The first-order chi connectivity index (χ1) is 12.5. The Hall–Kier alpha value is -3.55. The van der Waals surface area contributed by atoms with Crippen molar-refractivity contribution in [1.82, 2.24) is 0 Å². The zero-order chi connectivity index (χ0) is 18.9. The van der Waals surface area contributed by atoms with Crippen LogP contribution in [0.25, 0.3) is 0 Å². The number of carbonyl (C=O) groups is 2. The van der Waals surface area contributed by atoms with Gasteiger partial charge in [-0.1, -0.05) is 0 Å². The second kappa shape index (κ2) is 9.07. The van der Waals surface area contributed by atoms with Gasteiger partial charge < -0.3 is 19.9 Å². The lowest BCUT2D eigenvalue weighted by Gasteiger charge is -2.09. The summed E-state index contributed by atoms with van der Waals surface area (Å²) in [5.74, 6) is -0.0988. The SMILES string of the molecule is COC(=O)c1ccc(N/N=C\c2ccc(OCC(N)=O)c(OC)c2)cc1. The number of benzene rings is 2. The number of amides is 1. The van der Waals surface area contributed by atoms with Gasteiger partial charge in [-0.05, 0) is 48.0 Å². The summed E-state index contributed by atoms with van der Waals surface area (Å²) in [5.41, 5.74) is 9.83. The molecule has 0 aromatic heterocycles. The summed E-state index contributed by atoms with van der Waals surface area (Å²) in [7, 11) is 2.83. The molecule has 2 aromatic carbocycles. The molecule has 136 valence electrons. The van der Waals surface area contributed by atoms with Gasteiger partial charge in [0.05, 0.1) is 31.7 Å². The van der Waals surface area contributed by atoms with Crippen LogP contribution < -0.4 is 20.6 Å². The highest BCUT2D eigenvalue weighted by Crippen LogP contribution is 2.27. The van der Waals surface area contributed by atoms with Crippen molar-refractivity contribution in [2.45, 2.75) is 0 Å². The highest BCUT2D eigenvalue weighted by Gasteiger charge is 2.07. The summed E-state index contributed by atoms with van der Waals surface area (Å²) in [6.07, 6.45) is 1.59. The predicted molar refractivity (Wildman–Crippen MR) is 96.7 cm³/mol. The molecule has 3 N–H and O–H groups in total. The molecular formula is C18H19N3O5. The van der Waals surface area contributed by atoms with Crippen LogP contribution in [-0.4, -0.2) is 38.9 Å². The molecule has 8 nitrogen and oxygen atoms in total. The van der Waals surface area contributed by atoms with Crippen LogP contribution in [0.4, 0.5) is 5.69 Å². The largest absolute Gasteiger partial charge is 0.493 e. The lowest BCUT2D eigenvalue weighted by Crippen LogP contribution is -2.20. The van der Waals surface area contributed by atoms with E-state index in [1.165, 1.54) is 14.2 Å². The number of hydrogen-bond donors (Lipinski definition) is 2. The Morgan fingerprint density at radius 1 is 1.12 bits per heavy atom. The minimum atomic E-state index is -0.569. The van der Waals surface area contributed by atoms with E-state index in [1.54, 1.807) is 48.7 Å². The Balaban J connectivity index is 2.01. The predicted octanol–water partition coefficient (Wildman–Crippen LogP) is 1.79. The first kappa shape index (κ1) is 18.8. The van der Waals surface area contributed by atoms with E-state index in [1.807, 2.05) is 0 Å². The molecule has 0 radical (unpaired) electrons. The number of methoxy groups -OCH3 is 2. The van der Waals surface area contributed by atoms with Gasteiger partial charge in [0.15, 0.2) is 18.1 Å². The summed E-state index contributed by atoms with van der Waals surface area (Å²) in [4.78, 5) is 22.2. The molecule has 8 heteroatoms. The van der Waals surface area contributed by atoms with Gasteiger partial charge in [-0.15, -0.1) is 0 Å². The molecule has 0 aliphatic carbocycles. The van der Waals surface area contributed by atoms with Gasteiger partial charge in [-0.2, -0.15) is 5.10 Å². The topological polar surface area (TPSA) is 112 Å². The summed E-state index contributed by atoms with van der Waals surface area (Å²) in [6.45, 7) is -0.229. The van der Waals surface area contributed by atoms with Crippen molar-refractivity contribution in [3.8, 4) is 11.5 Å². The van der Waals surface area contributed by atoms with E-state index in [0.29, 0.717) is 22.7 Å². The van der Waals surface area contributed by atoms with Crippen molar-refractivity contribution >= 4 is 23.8 Å². The van der Waals surface area contributed by atoms with Crippen molar-refractivity contribution in [2.75, 3.05) is 26.3 Å². The average Bonchev–Trinajstić information content (AvgIpc) is 2.66. The van der Waals surface area contributed by atoms with E-state index in [-0.39, 0.29) is 6.61 Å². The highest BCUT2D eigenvalue weighted by atomic mass is 16.5. The van der Waals surface area contributed by atoms with Crippen LogP contribution in [0.3, 0.4) is 0 Å². The standard InChI is InChI=1S/C18H19N3O5/c1-24-16-9-12(3-8-15(16)26-11-17(19)22)10-20-21-14-6-4-13(5-7-14)18(23)25-2/h3-10,21H,11H2,1-2H3,(H2,19,22)/b20-10-. The number of anilines is 1. The number of nitrogens with zero attached hydrogens (tertiary/aromatic N) is 1. The number of hydrogen-bond acceptors (Lipinski definition) is 7. The molecule has 0 fully saturated rings. The maximum Gasteiger partial charge on any atom is 0.337 e. The van der Waals surface area contributed by atoms with Crippen molar-refractivity contribution in [2.24, 2.45) is 10.8 Å². The second-order valence-corrected chi connectivity index (χ2v) is 5.10. The number of hydrazone groups is 1. The quantitative estimate of drug-likeness (QED) is 0.423. The average molecular weight is 357 g/mol. The molecule has 1 amide bonds. The summed E-state index contributed by atoms with van der Waals surface area (Å²) in [5, 5.41) is 4.12. The maximum absolute atomic E-state index is 11.4. The number of rotatable bonds is 8. The smallest absolute Gasteiger partial charge is 0.337 e. The van der Waals surface area contributed by atoms with Crippen LogP contribution in [0.15, 0.2) is 47.6 Å². The summed E-state index contributed by atoms with van der Waals surface area (Å²) in [6, 6.07) is 11.8. The number of esters is 1. The molecule has 0 saturated heterocycles. The van der Waals surface area contributed by atoms with E-state index in [9.17, 15) is 9.59 Å². The molecule has 0 heterocycles. The van der Waals surface area contributed by atoms with Gasteiger partial charge >= 0.3 is 5.97 Å². The normalized spacial score (nSPS) is 10.4. The molecule has 0 unspecified atom stereocenters. The molecule has 26 heavy (non-hydrogen) atoms. The number of nitrogens with one attached hydrogen (secondary N) is 1. The number of nitrogens with two attached hydrogens (primary N) is 1. The van der Waals surface area contributed by atoms with E-state index < -0.39 is 11.9 Å². The molecule has 0 saturated carbocycles. The van der Waals surface area contributed by atoms with E-state index in [2.05, 4.69) is 15.3 Å². The van der Waals surface area contributed by atoms with Crippen molar-refractivity contribution in [3.63, 3.8) is 0 Å². The van der Waals surface area contributed by atoms with Gasteiger partial charge in [-0.3, -0.25) is 10.2 Å². The first-order valence-corrected chi connectivity index (χ1v) is 7.60. The summed E-state index contributed by atoms with van der Waals surface area (Å²) < 4.78 is 15.1. The molecular weight excluding hydrogens is 338 g/mol. The number of ether oxygens (including phenoxy) is 3. The maximum atomic E-state index is 11.4. The number of primary amides is 1. The fourth-order valence-corrected chi connectivity index (χ4v) is 2.01. The minimum Gasteiger partial charge on any atom is -0.493 e. The van der Waals surface area contributed by atoms with E-state index in [4.69, 9.17) is 15.2 Å². The zero-order valence-corrected chi connectivity index (χ0v) is 14.4. The lowest BCUT2D eigenvalue weighted by molar-refractivity contribution is -0.119. The minimum absolute atomic E-state index is 0.229. The second-order valence-electron chi connectivity index (χ2n) is 5.10. The Morgan fingerprint density at radius 2 is 1.85 bits per heavy atom. The Morgan fingerprint density at radius 3 is 2.46 bits per heavy atom. The van der Waals surface area contributed by atoms with Crippen molar-refractivity contribution < 1.29 is 23.8 Å². The van der Waals surface area contributed by atoms with Crippen molar-refractivity contribution in [3.05, 3.63) is 53.6 Å².